The summed E-state index contributed by atoms with van der Waals surface area (Å²) in [7, 11) is 0. The highest BCUT2D eigenvalue weighted by atomic mass is 15.1. The summed E-state index contributed by atoms with van der Waals surface area (Å²) in [6.07, 6.45) is 0. The van der Waals surface area contributed by atoms with E-state index in [0.29, 0.717) is 0 Å². The van der Waals surface area contributed by atoms with E-state index in [4.69, 9.17) is 0 Å². The van der Waals surface area contributed by atoms with Crippen molar-refractivity contribution in [2.24, 2.45) is 0 Å². The van der Waals surface area contributed by atoms with E-state index in [-0.39, 0.29) is 0 Å². The lowest BCUT2D eigenvalue weighted by atomic mass is 9.94. The first-order valence-electron chi connectivity index (χ1n) is 18.2. The number of hydrogen-bond donors (Lipinski definition) is 0. The second kappa shape index (κ2) is 13.0. The highest BCUT2D eigenvalue weighted by Gasteiger charge is 2.18. The van der Waals surface area contributed by atoms with Crippen molar-refractivity contribution >= 4 is 60.2 Å². The summed E-state index contributed by atoms with van der Waals surface area (Å²) >= 11 is 0. The van der Waals surface area contributed by atoms with E-state index in [1.54, 1.807) is 0 Å². The molecule has 0 aliphatic heterocycles. The Bertz CT molecular complexity index is 2940. The number of hydrogen-bond acceptors (Lipinski definition) is 1. The first-order chi connectivity index (χ1) is 26.2. The average molecular weight is 674 g/mol. The van der Waals surface area contributed by atoms with Gasteiger partial charge in [0.2, 0.25) is 0 Å². The van der Waals surface area contributed by atoms with Gasteiger partial charge in [0.15, 0.2) is 0 Å². The SMILES string of the molecule is c1ccc(-c2cc(-c3cccc4ccccc34)cc(N(c3ccc(-c4ccc5ccccc5c4)cc3)c3ccc4ccc5ccccc5c4c3)c2)cc1. The van der Waals surface area contributed by atoms with Crippen LogP contribution in [0.4, 0.5) is 17.1 Å². The van der Waals surface area contributed by atoms with Crippen LogP contribution in [0.1, 0.15) is 0 Å². The molecule has 0 unspecified atom stereocenters. The Kier molecular flexibility index (Phi) is 7.55. The predicted molar refractivity (Wildman–Crippen MR) is 227 cm³/mol. The topological polar surface area (TPSA) is 3.24 Å². The van der Waals surface area contributed by atoms with Gasteiger partial charge in [-0.1, -0.05) is 164 Å². The second-order valence-corrected chi connectivity index (χ2v) is 13.8. The number of benzene rings is 10. The van der Waals surface area contributed by atoms with Crippen molar-refractivity contribution in [2.45, 2.75) is 0 Å². The maximum Gasteiger partial charge on any atom is 0.0473 e. The van der Waals surface area contributed by atoms with Gasteiger partial charge in [0, 0.05) is 17.1 Å². The smallest absolute Gasteiger partial charge is 0.0473 e. The van der Waals surface area contributed by atoms with Crippen LogP contribution in [-0.2, 0) is 0 Å². The molecule has 0 aliphatic carbocycles. The number of nitrogens with zero attached hydrogens (tertiary/aromatic N) is 1. The van der Waals surface area contributed by atoms with Gasteiger partial charge < -0.3 is 4.90 Å². The number of rotatable bonds is 6. The quantitative estimate of drug-likeness (QED) is 0.159. The maximum atomic E-state index is 2.42. The molecular weight excluding hydrogens is 639 g/mol. The molecule has 0 radical (unpaired) electrons. The van der Waals surface area contributed by atoms with Gasteiger partial charge in [-0.05, 0) is 125 Å². The highest BCUT2D eigenvalue weighted by molar-refractivity contribution is 6.09. The van der Waals surface area contributed by atoms with Crippen molar-refractivity contribution in [3.63, 3.8) is 0 Å². The summed E-state index contributed by atoms with van der Waals surface area (Å²) < 4.78 is 0. The van der Waals surface area contributed by atoms with E-state index in [1.165, 1.54) is 76.5 Å². The minimum Gasteiger partial charge on any atom is -0.310 e. The molecule has 0 fully saturated rings. The molecule has 0 heterocycles. The van der Waals surface area contributed by atoms with Crippen LogP contribution >= 0.6 is 0 Å². The fourth-order valence-corrected chi connectivity index (χ4v) is 7.92. The van der Waals surface area contributed by atoms with E-state index < -0.39 is 0 Å². The molecular formula is C52H35N. The van der Waals surface area contributed by atoms with Crippen molar-refractivity contribution in [2.75, 3.05) is 4.90 Å². The van der Waals surface area contributed by atoms with Gasteiger partial charge >= 0.3 is 0 Å². The maximum absolute atomic E-state index is 2.42. The molecule has 0 saturated heterocycles. The Balaban J connectivity index is 1.20. The Morgan fingerprint density at radius 3 is 1.58 bits per heavy atom. The third-order valence-corrected chi connectivity index (χ3v) is 10.6. The molecule has 10 aromatic rings. The molecule has 0 amide bonds. The number of anilines is 3. The normalized spacial score (nSPS) is 11.4. The van der Waals surface area contributed by atoms with Crippen LogP contribution in [0.3, 0.4) is 0 Å². The Morgan fingerprint density at radius 1 is 0.226 bits per heavy atom. The minimum absolute atomic E-state index is 1.10. The lowest BCUT2D eigenvalue weighted by molar-refractivity contribution is 1.29. The van der Waals surface area contributed by atoms with Gasteiger partial charge in [0.1, 0.15) is 0 Å². The largest absolute Gasteiger partial charge is 0.310 e. The van der Waals surface area contributed by atoms with Gasteiger partial charge in [0.05, 0.1) is 0 Å². The van der Waals surface area contributed by atoms with Crippen LogP contribution in [0.25, 0.3) is 76.5 Å². The van der Waals surface area contributed by atoms with Gasteiger partial charge in [0.25, 0.3) is 0 Å². The summed E-state index contributed by atoms with van der Waals surface area (Å²) in [4.78, 5) is 2.42. The summed E-state index contributed by atoms with van der Waals surface area (Å²) in [6.45, 7) is 0. The molecule has 0 aromatic heterocycles. The molecule has 10 rings (SSSR count). The molecule has 1 heteroatoms. The fraction of sp³-hybridized carbons (Fsp3) is 0. The van der Waals surface area contributed by atoms with E-state index in [2.05, 4.69) is 217 Å². The van der Waals surface area contributed by atoms with E-state index >= 15 is 0 Å². The molecule has 248 valence electrons. The summed E-state index contributed by atoms with van der Waals surface area (Å²) in [6, 6.07) is 77.5. The lowest BCUT2D eigenvalue weighted by Gasteiger charge is -2.28. The minimum atomic E-state index is 1.10. The van der Waals surface area contributed by atoms with Crippen LogP contribution in [0, 0.1) is 0 Å². The lowest BCUT2D eigenvalue weighted by Crippen LogP contribution is -2.10. The van der Waals surface area contributed by atoms with Crippen molar-refractivity contribution in [1.29, 1.82) is 0 Å². The van der Waals surface area contributed by atoms with Gasteiger partial charge in [-0.25, -0.2) is 0 Å². The molecule has 0 bridgehead atoms. The first-order valence-corrected chi connectivity index (χ1v) is 18.2. The molecule has 0 spiro atoms. The van der Waals surface area contributed by atoms with Crippen LogP contribution in [0.5, 0.6) is 0 Å². The molecule has 0 saturated carbocycles. The van der Waals surface area contributed by atoms with Gasteiger partial charge in [-0.15, -0.1) is 0 Å². The zero-order valence-corrected chi connectivity index (χ0v) is 29.2. The van der Waals surface area contributed by atoms with Crippen LogP contribution in [0.15, 0.2) is 212 Å². The molecule has 0 aliphatic rings. The van der Waals surface area contributed by atoms with Crippen molar-refractivity contribution in [1.82, 2.24) is 0 Å². The molecule has 53 heavy (non-hydrogen) atoms. The van der Waals surface area contributed by atoms with Crippen molar-refractivity contribution in [3.05, 3.63) is 212 Å². The number of fused-ring (bicyclic) bond motifs is 5. The van der Waals surface area contributed by atoms with Gasteiger partial charge in [-0.3, -0.25) is 0 Å². The highest BCUT2D eigenvalue weighted by Crippen LogP contribution is 2.43. The standard InChI is InChI=1S/C52H35N/c1-2-11-36(12-3-1)44-32-45(51-20-10-17-39-14-6-8-18-49(39)51)34-48(33-44)53(47-30-27-41-23-22-40-15-7-9-19-50(40)52(41)35-47)46-28-25-38(26-29-46)43-24-21-37-13-4-5-16-42(37)31-43/h1-35H. The zero-order chi connectivity index (χ0) is 35.1. The Morgan fingerprint density at radius 2 is 0.774 bits per heavy atom. The molecule has 0 N–H and O–H groups in total. The second-order valence-electron chi connectivity index (χ2n) is 13.8. The van der Waals surface area contributed by atoms with Crippen LogP contribution < -0.4 is 4.90 Å². The third-order valence-electron chi connectivity index (χ3n) is 10.6. The first kappa shape index (κ1) is 30.8. The van der Waals surface area contributed by atoms with Crippen LogP contribution in [-0.4, -0.2) is 0 Å². The summed E-state index contributed by atoms with van der Waals surface area (Å²) in [5.41, 5.74) is 10.5. The molecule has 1 nitrogen and oxygen atoms in total. The van der Waals surface area contributed by atoms with E-state index in [1.807, 2.05) is 0 Å². The molecule has 0 atom stereocenters. The Labute approximate surface area is 309 Å². The monoisotopic (exact) mass is 673 g/mol. The predicted octanol–water partition coefficient (Wildman–Crippen LogP) is 14.8. The zero-order valence-electron chi connectivity index (χ0n) is 29.2. The van der Waals surface area contributed by atoms with E-state index in [9.17, 15) is 0 Å². The summed E-state index contributed by atoms with van der Waals surface area (Å²) in [5, 5.41) is 9.95. The fourth-order valence-electron chi connectivity index (χ4n) is 7.92. The van der Waals surface area contributed by atoms with Crippen LogP contribution in [0.2, 0.25) is 0 Å². The van der Waals surface area contributed by atoms with Gasteiger partial charge in [-0.2, -0.15) is 0 Å². The average Bonchev–Trinajstić information content (AvgIpc) is 3.24. The van der Waals surface area contributed by atoms with Crippen molar-refractivity contribution in [3.8, 4) is 33.4 Å². The Hall–Kier alpha value is -6.96. The summed E-state index contributed by atoms with van der Waals surface area (Å²) in [5.74, 6) is 0. The van der Waals surface area contributed by atoms with Crippen molar-refractivity contribution < 1.29 is 0 Å². The molecule has 10 aromatic carbocycles. The van der Waals surface area contributed by atoms with E-state index in [0.717, 1.165) is 17.1 Å². The third kappa shape index (κ3) is 5.69.